The zero-order chi connectivity index (χ0) is 52.5. The van der Waals surface area contributed by atoms with E-state index in [1.165, 1.54) is 99.4 Å². The normalized spacial score (nSPS) is 23.1. The Balaban J connectivity index is 1.23. The number of hydrogen-bond donors (Lipinski definition) is 1. The van der Waals surface area contributed by atoms with Crippen molar-refractivity contribution < 1.29 is 4.74 Å². The lowest BCUT2D eigenvalue weighted by molar-refractivity contribution is 0.361. The molecule has 0 bridgehead atoms. The van der Waals surface area contributed by atoms with E-state index >= 15 is 0 Å². The maximum Gasteiger partial charge on any atom is 0.139 e. The summed E-state index contributed by atoms with van der Waals surface area (Å²) in [7, 11) is 23.6. The molecule has 0 saturated carbocycles. The van der Waals surface area contributed by atoms with Gasteiger partial charge in [0.25, 0.3) is 0 Å². The third-order valence-electron chi connectivity index (χ3n) is 19.6. The highest BCUT2D eigenvalue weighted by atomic mass is 16.5. The van der Waals surface area contributed by atoms with Gasteiger partial charge in [-0.2, -0.15) is 0 Å². The number of ether oxygens (including phenoxy) is 1. The average molecular weight is 958 g/mol. The number of rotatable bonds is 4. The van der Waals surface area contributed by atoms with E-state index in [0.29, 0.717) is 5.82 Å². The van der Waals surface area contributed by atoms with Crippen LogP contribution in [0.3, 0.4) is 0 Å². The molecule has 354 valence electrons. The lowest BCUT2D eigenvalue weighted by Gasteiger charge is -2.49. The predicted octanol–water partition coefficient (Wildman–Crippen LogP) is -2.92. The SMILES string of the molecule is Bc1c(B)c(B)c(C2=CC=CC2(c2c(B)c(B)c(B)c(B)c2B)C2c3ccccc3N3c4cccc5c4C4(/C=C/C(c6ccc(C(C)(C)C)cc6)=C(C)\C=C(/N)n6c7ccccc7c7ccc(c4c76)O5)C23)c(B)c1B. The molecule has 8 aromatic rings. The van der Waals surface area contributed by atoms with Gasteiger partial charge in [-0.15, -0.1) is 32.8 Å². The van der Waals surface area contributed by atoms with Crippen LogP contribution in [-0.2, 0) is 16.2 Å². The fraction of sp³-hybridized carbons (Fsp3) is 0.148. The van der Waals surface area contributed by atoms with Crippen molar-refractivity contribution in [1.82, 2.24) is 4.57 Å². The summed E-state index contributed by atoms with van der Waals surface area (Å²) in [6.07, 6.45) is 14.8. The summed E-state index contributed by atoms with van der Waals surface area (Å²) < 4.78 is 9.76. The van der Waals surface area contributed by atoms with E-state index in [-0.39, 0.29) is 17.4 Å². The van der Waals surface area contributed by atoms with E-state index in [2.05, 4.69) is 255 Å². The summed E-state index contributed by atoms with van der Waals surface area (Å²) in [6.45, 7) is 9.10. The Labute approximate surface area is 452 Å². The molecule has 4 unspecified atom stereocenters. The monoisotopic (exact) mass is 960 g/mol. The molecule has 13 rings (SSSR count). The van der Waals surface area contributed by atoms with E-state index < -0.39 is 10.8 Å². The highest BCUT2D eigenvalue weighted by Crippen LogP contribution is 2.71. The summed E-state index contributed by atoms with van der Waals surface area (Å²) in [5.41, 5.74) is 37.0. The number of nitrogens with two attached hydrogens (primary N) is 1. The van der Waals surface area contributed by atoms with Gasteiger partial charge < -0.3 is 15.4 Å². The van der Waals surface area contributed by atoms with Gasteiger partial charge in [0.2, 0.25) is 0 Å². The predicted molar refractivity (Wildman–Crippen MR) is 351 cm³/mol. The van der Waals surface area contributed by atoms with E-state index in [9.17, 15) is 0 Å². The van der Waals surface area contributed by atoms with Crippen molar-refractivity contribution in [2.75, 3.05) is 4.90 Å². The lowest BCUT2D eigenvalue weighted by Crippen LogP contribution is -2.62. The first-order chi connectivity index (χ1) is 35.8. The largest absolute Gasteiger partial charge is 0.457 e. The molecule has 7 aromatic carbocycles. The van der Waals surface area contributed by atoms with Crippen LogP contribution in [0.2, 0.25) is 0 Å². The lowest BCUT2D eigenvalue weighted by atomic mass is 9.48. The van der Waals surface area contributed by atoms with Gasteiger partial charge in [-0.3, -0.25) is 4.57 Å². The Hall–Kier alpha value is -6.91. The third kappa shape index (κ3) is 6.14. The second kappa shape index (κ2) is 16.3. The molecular weight excluding hydrogens is 899 g/mol. The molecule has 4 nitrogen and oxygen atoms in total. The zero-order valence-corrected chi connectivity index (χ0v) is 46.3. The van der Waals surface area contributed by atoms with E-state index in [0.717, 1.165) is 55.6 Å². The number of hydrogen-bond acceptors (Lipinski definition) is 3. The number of para-hydroxylation sites is 2. The minimum absolute atomic E-state index is 0.0105. The molecular formula is C61H59B10N3O. The van der Waals surface area contributed by atoms with Crippen molar-refractivity contribution in [3.8, 4) is 11.5 Å². The Morgan fingerprint density at radius 3 is 1.88 bits per heavy atom. The van der Waals surface area contributed by atoms with Gasteiger partial charge in [0.15, 0.2) is 0 Å². The number of benzene rings is 7. The number of fused-ring (bicyclic) bond motifs is 7. The Morgan fingerprint density at radius 2 is 1.19 bits per heavy atom. The molecule has 5 heterocycles. The van der Waals surface area contributed by atoms with Gasteiger partial charge in [0, 0.05) is 44.6 Å². The third-order valence-corrected chi connectivity index (χ3v) is 19.6. The molecule has 5 aliphatic rings. The maximum atomic E-state index is 7.68. The molecule has 14 heteroatoms. The molecule has 1 spiro atoms. The second-order valence-electron chi connectivity index (χ2n) is 23.8. The van der Waals surface area contributed by atoms with Gasteiger partial charge in [0.1, 0.15) is 95.8 Å². The van der Waals surface area contributed by atoms with Crippen molar-refractivity contribution >= 4 is 183 Å². The molecule has 0 saturated heterocycles. The van der Waals surface area contributed by atoms with Crippen LogP contribution < -0.4 is 70.0 Å². The number of nitrogens with zero attached hydrogens (tertiary/aromatic N) is 2. The van der Waals surface area contributed by atoms with E-state index in [1.807, 2.05) is 0 Å². The summed E-state index contributed by atoms with van der Waals surface area (Å²) >= 11 is 0. The summed E-state index contributed by atoms with van der Waals surface area (Å²) in [6, 6.07) is 38.6. The van der Waals surface area contributed by atoms with E-state index in [4.69, 9.17) is 10.5 Å². The van der Waals surface area contributed by atoms with Gasteiger partial charge in [-0.1, -0.05) is 140 Å². The Morgan fingerprint density at radius 1 is 0.573 bits per heavy atom. The first-order valence-electron chi connectivity index (χ1n) is 27.1. The van der Waals surface area contributed by atoms with Crippen molar-refractivity contribution in [3.05, 3.63) is 184 Å². The molecule has 4 atom stereocenters. The molecule has 1 aromatic heterocycles. The van der Waals surface area contributed by atoms with Gasteiger partial charge >= 0.3 is 0 Å². The fourth-order valence-electron chi connectivity index (χ4n) is 15.2. The molecule has 1 aliphatic carbocycles. The van der Waals surface area contributed by atoms with E-state index in [1.54, 1.807) is 0 Å². The Bertz CT molecular complexity index is 4030. The van der Waals surface area contributed by atoms with Crippen LogP contribution in [0, 0.1) is 0 Å². The van der Waals surface area contributed by atoms with Crippen LogP contribution in [0.1, 0.15) is 72.6 Å². The van der Waals surface area contributed by atoms with Gasteiger partial charge in [-0.05, 0) is 99.3 Å². The van der Waals surface area contributed by atoms with Crippen LogP contribution >= 0.6 is 0 Å². The van der Waals surface area contributed by atoms with Crippen LogP contribution in [0.25, 0.3) is 38.8 Å². The smallest absolute Gasteiger partial charge is 0.139 e. The molecule has 75 heavy (non-hydrogen) atoms. The van der Waals surface area contributed by atoms with Crippen LogP contribution in [0.4, 0.5) is 11.4 Å². The fourth-order valence-corrected chi connectivity index (χ4v) is 15.2. The first kappa shape index (κ1) is 47.8. The number of allylic oxidation sites excluding steroid dienone is 8. The summed E-state index contributed by atoms with van der Waals surface area (Å²) in [4.78, 5) is 2.75. The molecule has 4 aliphatic heterocycles. The highest BCUT2D eigenvalue weighted by molar-refractivity contribution is 6.69. The second-order valence-corrected chi connectivity index (χ2v) is 23.8. The van der Waals surface area contributed by atoms with Crippen LogP contribution in [0.5, 0.6) is 11.5 Å². The van der Waals surface area contributed by atoms with Gasteiger partial charge in [0.05, 0.1) is 22.5 Å². The zero-order valence-electron chi connectivity index (χ0n) is 46.3. The van der Waals surface area contributed by atoms with Crippen LogP contribution in [0.15, 0.2) is 145 Å². The van der Waals surface area contributed by atoms with Crippen molar-refractivity contribution in [2.45, 2.75) is 55.9 Å². The molecule has 0 fully saturated rings. The molecule has 2 N–H and O–H groups in total. The Kier molecular flexibility index (Phi) is 10.4. The minimum Gasteiger partial charge on any atom is -0.457 e. The quantitative estimate of drug-likeness (QED) is 0.193. The number of aromatic nitrogens is 1. The summed E-state index contributed by atoms with van der Waals surface area (Å²) in [5, 5.41) is 2.33. The topological polar surface area (TPSA) is 43.4 Å². The average Bonchev–Trinajstić information content (AvgIpc) is 4.20. The molecule has 0 amide bonds. The highest BCUT2D eigenvalue weighted by Gasteiger charge is 2.67. The minimum atomic E-state index is -0.808. The van der Waals surface area contributed by atoms with Gasteiger partial charge in [-0.25, -0.2) is 0 Å². The standard InChI is InChI=1S/C61H59B10N3O/c1-28-27-41(72)74-36-14-7-5-11-32(36)33-22-23-40-45(57(33)74)61(26-24-31(28)29-18-20-30(21-19-29)59(2,3)4)44-38(16-9-17-39(44)75-40)73-37-15-8-6-12-34(37)43(58(61)73)60(46-49(64)53(68)56(71)54(69)50(46)65)25-10-13-35(60)42-47(62)51(66)55(70)52(67)48(42)63/h5-27,43,58H,62-72H2,1-4H3/b26-24+,31-28+,41-27+. The first-order valence-corrected chi connectivity index (χ1v) is 27.1. The maximum absolute atomic E-state index is 7.68. The number of anilines is 2. The molecule has 0 radical (unpaired) electrons. The van der Waals surface area contributed by atoms with Crippen LogP contribution in [-0.4, -0.2) is 89.1 Å². The van der Waals surface area contributed by atoms with Crippen molar-refractivity contribution in [1.29, 1.82) is 0 Å². The van der Waals surface area contributed by atoms with Crippen molar-refractivity contribution in [2.24, 2.45) is 5.73 Å². The van der Waals surface area contributed by atoms with Crippen molar-refractivity contribution in [3.63, 3.8) is 0 Å². The summed E-state index contributed by atoms with van der Waals surface area (Å²) in [5.74, 6) is 2.31.